The molecule has 3 aromatic rings. The lowest BCUT2D eigenvalue weighted by molar-refractivity contribution is -0.167. The van der Waals surface area contributed by atoms with Crippen LogP contribution in [0.2, 0.25) is 0 Å². The second kappa shape index (κ2) is 10.3. The minimum atomic E-state index is -4.98. The van der Waals surface area contributed by atoms with E-state index >= 15 is 0 Å². The number of morpholine rings is 2. The number of halogens is 6. The maximum absolute atomic E-state index is 14.6. The molecule has 10 nitrogen and oxygen atoms in total. The number of nitrogens with zero attached hydrogens (tertiary/aromatic N) is 7. The number of fused-ring (bicyclic) bond motifs is 3. The Bertz CT molecular complexity index is 1430. The third-order valence-electron chi connectivity index (χ3n) is 8.45. The molecule has 4 atom stereocenters. The van der Waals surface area contributed by atoms with E-state index in [-0.39, 0.29) is 54.4 Å². The Hall–Kier alpha value is -3.11. The SMILES string of the molecule is FC(F)(F)c1nn(-c2ccn(C3CCCCO3)n2)c2nc(N3C4CCC3COC4)cc(N3CCOCC3C(F)(F)F)c12. The molecule has 4 saturated heterocycles. The molecule has 0 aliphatic carbocycles. The van der Waals surface area contributed by atoms with Gasteiger partial charge in [0.05, 0.1) is 49.6 Å². The fourth-order valence-electron chi connectivity index (χ4n) is 6.50. The van der Waals surface area contributed by atoms with E-state index in [2.05, 4.69) is 15.2 Å². The fraction of sp³-hybridized carbons (Fsp3) is 0.654. The second-order valence-electron chi connectivity index (χ2n) is 11.1. The van der Waals surface area contributed by atoms with Crippen molar-refractivity contribution in [2.24, 2.45) is 0 Å². The molecule has 7 heterocycles. The molecule has 3 aromatic heterocycles. The lowest BCUT2D eigenvalue weighted by Crippen LogP contribution is -2.54. The standard InChI is InChI=1S/C26H29F6N7O3/c27-25(28,29)18-14-40-10-8-36(18)17-11-20(38-15-4-5-16(38)13-41-12-15)33-24-22(17)23(26(30,31)32)35-39(24)19-6-7-37(34-19)21-3-1-2-9-42-21/h6-7,11,15-16,18,21H,1-5,8-10,12-14H2. The zero-order valence-corrected chi connectivity index (χ0v) is 22.4. The van der Waals surface area contributed by atoms with Crippen LogP contribution in [0.4, 0.5) is 37.8 Å². The molecule has 0 aromatic carbocycles. The van der Waals surface area contributed by atoms with Crippen LogP contribution in [0.1, 0.15) is 44.0 Å². The molecule has 42 heavy (non-hydrogen) atoms. The molecule has 0 saturated carbocycles. The first-order valence-electron chi connectivity index (χ1n) is 14.0. The molecule has 16 heteroatoms. The molecule has 0 radical (unpaired) electrons. The minimum Gasteiger partial charge on any atom is -0.377 e. The summed E-state index contributed by atoms with van der Waals surface area (Å²) < 4.78 is 105. The summed E-state index contributed by atoms with van der Waals surface area (Å²) in [5.41, 5.74) is -1.78. The summed E-state index contributed by atoms with van der Waals surface area (Å²) >= 11 is 0. The van der Waals surface area contributed by atoms with Crippen molar-refractivity contribution >= 4 is 22.5 Å². The Morgan fingerprint density at radius 1 is 0.857 bits per heavy atom. The third kappa shape index (κ3) is 4.76. The van der Waals surface area contributed by atoms with Gasteiger partial charge < -0.3 is 24.0 Å². The van der Waals surface area contributed by atoms with Crippen molar-refractivity contribution < 1.29 is 40.6 Å². The van der Waals surface area contributed by atoms with Crippen LogP contribution >= 0.6 is 0 Å². The van der Waals surface area contributed by atoms with Crippen LogP contribution in [-0.4, -0.2) is 88.4 Å². The number of hydrogen-bond donors (Lipinski definition) is 0. The Morgan fingerprint density at radius 3 is 2.33 bits per heavy atom. The highest BCUT2D eigenvalue weighted by Gasteiger charge is 2.48. The quantitative estimate of drug-likeness (QED) is 0.406. The topological polar surface area (TPSA) is 82.7 Å². The summed E-state index contributed by atoms with van der Waals surface area (Å²) in [6, 6.07) is 0.526. The minimum absolute atomic E-state index is 0.0552. The van der Waals surface area contributed by atoms with Gasteiger partial charge in [-0.05, 0) is 32.1 Å². The summed E-state index contributed by atoms with van der Waals surface area (Å²) in [6.07, 6.45) is -4.43. The van der Waals surface area contributed by atoms with Gasteiger partial charge in [0.1, 0.15) is 18.1 Å². The predicted octanol–water partition coefficient (Wildman–Crippen LogP) is 4.47. The van der Waals surface area contributed by atoms with E-state index in [1.807, 2.05) is 4.90 Å². The van der Waals surface area contributed by atoms with Crippen molar-refractivity contribution in [3.05, 3.63) is 24.0 Å². The largest absolute Gasteiger partial charge is 0.435 e. The van der Waals surface area contributed by atoms with Crippen molar-refractivity contribution in [1.29, 1.82) is 0 Å². The number of aromatic nitrogens is 5. The summed E-state index contributed by atoms with van der Waals surface area (Å²) in [5.74, 6) is 0.338. The van der Waals surface area contributed by atoms with E-state index in [0.717, 1.165) is 35.3 Å². The summed E-state index contributed by atoms with van der Waals surface area (Å²) in [6.45, 7) is 0.302. The van der Waals surface area contributed by atoms with Crippen LogP contribution in [0.3, 0.4) is 0 Å². The van der Waals surface area contributed by atoms with Crippen molar-refractivity contribution in [2.75, 3.05) is 49.4 Å². The van der Waals surface area contributed by atoms with E-state index in [9.17, 15) is 26.3 Å². The molecule has 0 N–H and O–H groups in total. The van der Waals surface area contributed by atoms with E-state index < -0.39 is 36.1 Å². The van der Waals surface area contributed by atoms with Gasteiger partial charge in [0.2, 0.25) is 0 Å². The van der Waals surface area contributed by atoms with Crippen LogP contribution < -0.4 is 9.80 Å². The Balaban J connectivity index is 1.44. The lowest BCUT2D eigenvalue weighted by atomic mass is 10.1. The normalized spacial score (nSPS) is 27.3. The molecule has 7 rings (SSSR count). The van der Waals surface area contributed by atoms with Gasteiger partial charge in [0.25, 0.3) is 0 Å². The first kappa shape index (κ1) is 27.7. The van der Waals surface area contributed by atoms with Crippen LogP contribution in [0, 0.1) is 0 Å². The van der Waals surface area contributed by atoms with Crippen molar-refractivity contribution in [3.63, 3.8) is 0 Å². The van der Waals surface area contributed by atoms with Gasteiger partial charge in [-0.15, -0.1) is 0 Å². The average molecular weight is 602 g/mol. The molecular weight excluding hydrogens is 572 g/mol. The van der Waals surface area contributed by atoms with E-state index in [0.29, 0.717) is 26.2 Å². The molecule has 0 spiro atoms. The number of rotatable bonds is 4. The molecule has 0 amide bonds. The van der Waals surface area contributed by atoms with Gasteiger partial charge in [-0.3, -0.25) is 0 Å². The Morgan fingerprint density at radius 2 is 1.64 bits per heavy atom. The highest BCUT2D eigenvalue weighted by Crippen LogP contribution is 2.44. The predicted molar refractivity (Wildman–Crippen MR) is 137 cm³/mol. The van der Waals surface area contributed by atoms with Gasteiger partial charge in [-0.1, -0.05) is 0 Å². The fourth-order valence-corrected chi connectivity index (χ4v) is 6.50. The molecule has 4 aliphatic heterocycles. The number of alkyl halides is 6. The monoisotopic (exact) mass is 601 g/mol. The molecular formula is C26H29F6N7O3. The molecule has 4 fully saturated rings. The smallest absolute Gasteiger partial charge is 0.377 e. The molecule has 4 aliphatic rings. The maximum Gasteiger partial charge on any atom is 0.435 e. The second-order valence-corrected chi connectivity index (χ2v) is 11.1. The maximum atomic E-state index is 14.6. The van der Waals surface area contributed by atoms with E-state index in [4.69, 9.17) is 14.2 Å². The number of ether oxygens (including phenoxy) is 3. The highest BCUT2D eigenvalue weighted by atomic mass is 19.4. The zero-order valence-electron chi connectivity index (χ0n) is 22.4. The molecule has 4 unspecified atom stereocenters. The summed E-state index contributed by atoms with van der Waals surface area (Å²) in [4.78, 5) is 7.59. The third-order valence-corrected chi connectivity index (χ3v) is 8.45. The van der Waals surface area contributed by atoms with Crippen LogP contribution in [0.15, 0.2) is 18.3 Å². The highest BCUT2D eigenvalue weighted by molar-refractivity contribution is 5.95. The van der Waals surface area contributed by atoms with Gasteiger partial charge in [-0.25, -0.2) is 9.67 Å². The van der Waals surface area contributed by atoms with Crippen molar-refractivity contribution in [3.8, 4) is 5.82 Å². The Kier molecular flexibility index (Phi) is 6.77. The average Bonchev–Trinajstić information content (AvgIpc) is 3.66. The number of anilines is 2. The first-order chi connectivity index (χ1) is 20.1. The van der Waals surface area contributed by atoms with Crippen LogP contribution in [0.5, 0.6) is 0 Å². The van der Waals surface area contributed by atoms with Gasteiger partial charge >= 0.3 is 12.4 Å². The molecule has 2 bridgehead atoms. The van der Waals surface area contributed by atoms with Crippen molar-refractivity contribution in [2.45, 2.75) is 68.8 Å². The van der Waals surface area contributed by atoms with Gasteiger partial charge in [0, 0.05) is 31.5 Å². The Labute approximate surface area is 236 Å². The van der Waals surface area contributed by atoms with Gasteiger partial charge in [0.15, 0.2) is 17.2 Å². The lowest BCUT2D eigenvalue weighted by Gasteiger charge is -2.40. The summed E-state index contributed by atoms with van der Waals surface area (Å²) in [7, 11) is 0. The van der Waals surface area contributed by atoms with Crippen LogP contribution in [0.25, 0.3) is 16.9 Å². The van der Waals surface area contributed by atoms with E-state index in [1.165, 1.54) is 16.8 Å². The first-order valence-corrected chi connectivity index (χ1v) is 14.0. The van der Waals surface area contributed by atoms with Crippen molar-refractivity contribution in [1.82, 2.24) is 24.5 Å². The molecule has 228 valence electrons. The summed E-state index contributed by atoms with van der Waals surface area (Å²) in [5, 5.41) is 7.86. The van der Waals surface area contributed by atoms with Gasteiger partial charge in [-0.2, -0.15) is 41.2 Å². The number of pyridine rings is 1. The zero-order chi connectivity index (χ0) is 29.2. The number of hydrogen-bond acceptors (Lipinski definition) is 8. The van der Waals surface area contributed by atoms with Crippen LogP contribution in [-0.2, 0) is 20.4 Å². The van der Waals surface area contributed by atoms with E-state index in [1.54, 1.807) is 6.20 Å².